The molecule has 0 fully saturated rings. The van der Waals surface area contributed by atoms with Crippen LogP contribution < -0.4 is 0 Å². The molecule has 0 saturated heterocycles. The maximum Gasteiger partial charge on any atom is 0.0702 e. The van der Waals surface area contributed by atoms with E-state index in [1.165, 1.54) is 33.4 Å². The number of nitrogens with zero attached hydrogens (tertiary/aromatic N) is 1. The lowest BCUT2D eigenvalue weighted by molar-refractivity contribution is 1.41. The Bertz CT molecular complexity index is 1240. The Morgan fingerprint density at radius 3 is 1.93 bits per heavy atom. The van der Waals surface area contributed by atoms with E-state index in [2.05, 4.69) is 108 Å². The molecule has 1 heterocycles. The fourth-order valence-electron chi connectivity index (χ4n) is 3.71. The zero-order chi connectivity index (χ0) is 18.8. The molecule has 4 aromatic carbocycles. The van der Waals surface area contributed by atoms with Gasteiger partial charge >= 0.3 is 0 Å². The summed E-state index contributed by atoms with van der Waals surface area (Å²) in [7, 11) is 0. The van der Waals surface area contributed by atoms with E-state index in [1.54, 1.807) is 0 Å². The van der Waals surface area contributed by atoms with Crippen LogP contribution in [-0.4, -0.2) is 4.98 Å². The van der Waals surface area contributed by atoms with Gasteiger partial charge in [0.15, 0.2) is 0 Å². The zero-order valence-corrected chi connectivity index (χ0v) is 15.4. The summed E-state index contributed by atoms with van der Waals surface area (Å²) >= 11 is 0. The summed E-state index contributed by atoms with van der Waals surface area (Å²) in [5.74, 6) is 0. The fourth-order valence-corrected chi connectivity index (χ4v) is 3.71. The SMILES string of the molecule is c1ccc(-c2ccc(-c3ccccc3)c(-c3ccc4ncccc4c3)c2)cc1. The Labute approximate surface area is 165 Å². The highest BCUT2D eigenvalue weighted by molar-refractivity contribution is 5.91. The molecule has 0 aliphatic rings. The van der Waals surface area contributed by atoms with Gasteiger partial charge in [-0.1, -0.05) is 84.9 Å². The summed E-state index contributed by atoms with van der Waals surface area (Å²) in [6.45, 7) is 0. The maximum atomic E-state index is 4.46. The first kappa shape index (κ1) is 16.5. The normalized spacial score (nSPS) is 10.9. The van der Waals surface area contributed by atoms with E-state index in [9.17, 15) is 0 Å². The molecular weight excluding hydrogens is 338 g/mol. The van der Waals surface area contributed by atoms with Crippen LogP contribution in [0.4, 0.5) is 0 Å². The van der Waals surface area contributed by atoms with Crippen molar-refractivity contribution in [3.63, 3.8) is 0 Å². The lowest BCUT2D eigenvalue weighted by Crippen LogP contribution is -1.88. The Hall–Kier alpha value is -3.71. The van der Waals surface area contributed by atoms with Gasteiger partial charge in [-0.05, 0) is 57.6 Å². The van der Waals surface area contributed by atoms with Crippen molar-refractivity contribution >= 4 is 10.9 Å². The van der Waals surface area contributed by atoms with Crippen LogP contribution in [0, 0.1) is 0 Å². The number of fused-ring (bicyclic) bond motifs is 1. The van der Waals surface area contributed by atoms with E-state index in [-0.39, 0.29) is 0 Å². The molecule has 0 aliphatic carbocycles. The van der Waals surface area contributed by atoms with Gasteiger partial charge in [-0.3, -0.25) is 4.98 Å². The monoisotopic (exact) mass is 357 g/mol. The average molecular weight is 357 g/mol. The first-order valence-corrected chi connectivity index (χ1v) is 9.48. The van der Waals surface area contributed by atoms with Crippen LogP contribution >= 0.6 is 0 Å². The molecule has 0 atom stereocenters. The standard InChI is InChI=1S/C27H19N/c1-3-8-20(9-4-1)22-13-15-25(21-10-5-2-6-11-21)26(19-22)23-14-16-27-24(18-23)12-7-17-28-27/h1-19H. The van der Waals surface area contributed by atoms with Crippen molar-refractivity contribution in [1.82, 2.24) is 4.98 Å². The Balaban J connectivity index is 1.74. The lowest BCUT2D eigenvalue weighted by Gasteiger charge is -2.14. The molecule has 0 bridgehead atoms. The number of rotatable bonds is 3. The summed E-state index contributed by atoms with van der Waals surface area (Å²) < 4.78 is 0. The number of pyridine rings is 1. The number of benzene rings is 4. The average Bonchev–Trinajstić information content (AvgIpc) is 2.79. The van der Waals surface area contributed by atoms with Crippen LogP contribution in [0.3, 0.4) is 0 Å². The van der Waals surface area contributed by atoms with Crippen molar-refractivity contribution in [3.05, 3.63) is 115 Å². The van der Waals surface area contributed by atoms with Crippen molar-refractivity contribution in [3.8, 4) is 33.4 Å². The molecule has 0 aliphatic heterocycles. The molecule has 5 aromatic rings. The van der Waals surface area contributed by atoms with Crippen LogP contribution in [0.5, 0.6) is 0 Å². The van der Waals surface area contributed by atoms with Gasteiger partial charge in [0, 0.05) is 11.6 Å². The van der Waals surface area contributed by atoms with E-state index in [0.29, 0.717) is 0 Å². The van der Waals surface area contributed by atoms with Crippen LogP contribution in [0.25, 0.3) is 44.3 Å². The number of aromatic nitrogens is 1. The minimum atomic E-state index is 1.02. The zero-order valence-electron chi connectivity index (χ0n) is 15.4. The van der Waals surface area contributed by atoms with Crippen molar-refractivity contribution in [2.45, 2.75) is 0 Å². The highest BCUT2D eigenvalue weighted by atomic mass is 14.6. The summed E-state index contributed by atoms with van der Waals surface area (Å²) in [5.41, 5.74) is 8.38. The van der Waals surface area contributed by atoms with E-state index in [4.69, 9.17) is 0 Å². The lowest BCUT2D eigenvalue weighted by atomic mass is 9.90. The van der Waals surface area contributed by atoms with Crippen molar-refractivity contribution < 1.29 is 0 Å². The predicted octanol–water partition coefficient (Wildman–Crippen LogP) is 7.24. The van der Waals surface area contributed by atoms with Gasteiger partial charge in [-0.25, -0.2) is 0 Å². The minimum Gasteiger partial charge on any atom is -0.256 e. The maximum absolute atomic E-state index is 4.46. The Morgan fingerprint density at radius 1 is 0.429 bits per heavy atom. The second-order valence-corrected chi connectivity index (χ2v) is 6.90. The Kier molecular flexibility index (Phi) is 4.19. The Morgan fingerprint density at radius 2 is 1.14 bits per heavy atom. The van der Waals surface area contributed by atoms with Gasteiger partial charge in [0.05, 0.1) is 5.52 Å². The van der Waals surface area contributed by atoms with Gasteiger partial charge in [0.1, 0.15) is 0 Å². The van der Waals surface area contributed by atoms with Crippen LogP contribution in [0.15, 0.2) is 115 Å². The molecule has 1 heteroatoms. The number of hydrogen-bond acceptors (Lipinski definition) is 1. The molecule has 132 valence electrons. The summed E-state index contributed by atoms with van der Waals surface area (Å²) in [6.07, 6.45) is 1.84. The second-order valence-electron chi connectivity index (χ2n) is 6.90. The molecule has 0 saturated carbocycles. The molecule has 0 N–H and O–H groups in total. The summed E-state index contributed by atoms with van der Waals surface area (Å²) in [5, 5.41) is 1.16. The highest BCUT2D eigenvalue weighted by Crippen LogP contribution is 2.36. The highest BCUT2D eigenvalue weighted by Gasteiger charge is 2.10. The smallest absolute Gasteiger partial charge is 0.0702 e. The van der Waals surface area contributed by atoms with Crippen molar-refractivity contribution in [1.29, 1.82) is 0 Å². The summed E-state index contributed by atoms with van der Waals surface area (Å²) in [6, 6.07) is 38.5. The minimum absolute atomic E-state index is 1.02. The van der Waals surface area contributed by atoms with E-state index in [0.717, 1.165) is 10.9 Å². The van der Waals surface area contributed by atoms with Gasteiger partial charge in [-0.15, -0.1) is 0 Å². The molecule has 5 rings (SSSR count). The van der Waals surface area contributed by atoms with Gasteiger partial charge in [-0.2, -0.15) is 0 Å². The molecule has 1 nitrogen and oxygen atoms in total. The van der Waals surface area contributed by atoms with Crippen LogP contribution in [-0.2, 0) is 0 Å². The molecule has 0 unspecified atom stereocenters. The van der Waals surface area contributed by atoms with Gasteiger partial charge < -0.3 is 0 Å². The third-order valence-electron chi connectivity index (χ3n) is 5.13. The summed E-state index contributed by atoms with van der Waals surface area (Å²) in [4.78, 5) is 4.46. The third kappa shape index (κ3) is 3.08. The van der Waals surface area contributed by atoms with E-state index < -0.39 is 0 Å². The molecule has 0 amide bonds. The first-order chi connectivity index (χ1) is 13.9. The molecule has 0 radical (unpaired) electrons. The van der Waals surface area contributed by atoms with Gasteiger partial charge in [0.2, 0.25) is 0 Å². The van der Waals surface area contributed by atoms with E-state index in [1.807, 2.05) is 12.3 Å². The van der Waals surface area contributed by atoms with Crippen molar-refractivity contribution in [2.75, 3.05) is 0 Å². The second kappa shape index (κ2) is 7.13. The third-order valence-corrected chi connectivity index (χ3v) is 5.13. The quantitative estimate of drug-likeness (QED) is 0.332. The predicted molar refractivity (Wildman–Crippen MR) is 118 cm³/mol. The van der Waals surface area contributed by atoms with Gasteiger partial charge in [0.25, 0.3) is 0 Å². The van der Waals surface area contributed by atoms with Crippen molar-refractivity contribution in [2.24, 2.45) is 0 Å². The number of hydrogen-bond donors (Lipinski definition) is 0. The molecule has 0 spiro atoms. The fraction of sp³-hybridized carbons (Fsp3) is 0. The first-order valence-electron chi connectivity index (χ1n) is 9.48. The molecular formula is C27H19N. The topological polar surface area (TPSA) is 12.9 Å². The van der Waals surface area contributed by atoms with Crippen LogP contribution in [0.2, 0.25) is 0 Å². The molecule has 28 heavy (non-hydrogen) atoms. The molecule has 1 aromatic heterocycles. The van der Waals surface area contributed by atoms with Crippen LogP contribution in [0.1, 0.15) is 0 Å². The van der Waals surface area contributed by atoms with E-state index >= 15 is 0 Å². The largest absolute Gasteiger partial charge is 0.256 e.